The quantitative estimate of drug-likeness (QED) is 0.756. The molecule has 0 saturated carbocycles. The van der Waals surface area contributed by atoms with E-state index in [9.17, 15) is 4.79 Å². The van der Waals surface area contributed by atoms with E-state index in [2.05, 4.69) is 39.8 Å². The largest absolute Gasteiger partial charge is 0.346 e. The number of aromatic amines is 1. The highest BCUT2D eigenvalue weighted by molar-refractivity contribution is 5.94. The van der Waals surface area contributed by atoms with Crippen molar-refractivity contribution in [1.29, 1.82) is 0 Å². The molecule has 0 unspecified atom stereocenters. The average Bonchev–Trinajstić information content (AvgIpc) is 3.13. The molecule has 1 aliphatic heterocycles. The molecule has 3 N–H and O–H groups in total. The van der Waals surface area contributed by atoms with Gasteiger partial charge in [-0.05, 0) is 12.8 Å². The third-order valence-corrected chi connectivity index (χ3v) is 4.47. The van der Waals surface area contributed by atoms with E-state index in [1.807, 2.05) is 11.7 Å². The minimum absolute atomic E-state index is 0. The Hall–Kier alpha value is -1.86. The molecule has 0 saturated heterocycles. The molecule has 24 heavy (non-hydrogen) atoms. The molecule has 2 aromatic rings. The second-order valence-corrected chi connectivity index (χ2v) is 5.84. The Kier molecular flexibility index (Phi) is 6.01. The SMILES string of the molecule is CCc1nn(C)c(CC)c1CNC(=O)c1n[nH]c2c1CNCC2.Cl. The molecule has 0 bridgehead atoms. The number of H-pyrrole nitrogens is 1. The van der Waals surface area contributed by atoms with Gasteiger partial charge in [-0.2, -0.15) is 10.2 Å². The van der Waals surface area contributed by atoms with Crippen molar-refractivity contribution < 1.29 is 4.79 Å². The summed E-state index contributed by atoms with van der Waals surface area (Å²) >= 11 is 0. The molecule has 0 aromatic carbocycles. The highest BCUT2D eigenvalue weighted by Crippen LogP contribution is 2.17. The minimum Gasteiger partial charge on any atom is -0.346 e. The lowest BCUT2D eigenvalue weighted by Gasteiger charge is -2.13. The molecule has 0 radical (unpaired) electrons. The van der Waals surface area contributed by atoms with Gasteiger partial charge in [-0.3, -0.25) is 14.6 Å². The van der Waals surface area contributed by atoms with Gasteiger partial charge < -0.3 is 10.6 Å². The monoisotopic (exact) mass is 352 g/mol. The first-order valence-electron chi connectivity index (χ1n) is 8.24. The van der Waals surface area contributed by atoms with Gasteiger partial charge in [0.2, 0.25) is 0 Å². The van der Waals surface area contributed by atoms with Gasteiger partial charge in [-0.15, -0.1) is 12.4 Å². The van der Waals surface area contributed by atoms with Gasteiger partial charge in [0.25, 0.3) is 5.91 Å². The first kappa shape index (κ1) is 18.5. The fraction of sp³-hybridized carbons (Fsp3) is 0.562. The normalized spacial score (nSPS) is 13.3. The summed E-state index contributed by atoms with van der Waals surface area (Å²) in [6.45, 7) is 6.31. The molecule has 0 aliphatic carbocycles. The highest BCUT2D eigenvalue weighted by atomic mass is 35.5. The van der Waals surface area contributed by atoms with E-state index in [1.165, 1.54) is 5.69 Å². The van der Waals surface area contributed by atoms with Crippen molar-refractivity contribution in [1.82, 2.24) is 30.6 Å². The lowest BCUT2D eigenvalue weighted by atomic mass is 10.1. The standard InChI is InChI=1S/C16H24N6O.ClH/c1-4-12-10(14(5-2)22(3)21-12)9-18-16(23)15-11-8-17-7-6-13(11)19-20-15;/h17H,4-9H2,1-3H3,(H,18,23)(H,19,20);1H. The number of fused-ring (bicyclic) bond motifs is 1. The molecular formula is C16H25ClN6O. The molecule has 0 atom stereocenters. The number of hydrogen-bond acceptors (Lipinski definition) is 4. The van der Waals surface area contributed by atoms with E-state index in [1.54, 1.807) is 0 Å². The third-order valence-electron chi connectivity index (χ3n) is 4.47. The van der Waals surface area contributed by atoms with Crippen LogP contribution < -0.4 is 10.6 Å². The molecule has 0 spiro atoms. The highest BCUT2D eigenvalue weighted by Gasteiger charge is 2.22. The Morgan fingerprint density at radius 1 is 1.33 bits per heavy atom. The number of aryl methyl sites for hydroxylation is 2. The van der Waals surface area contributed by atoms with Crippen LogP contribution in [-0.4, -0.2) is 32.4 Å². The van der Waals surface area contributed by atoms with E-state index in [4.69, 9.17) is 0 Å². The summed E-state index contributed by atoms with van der Waals surface area (Å²) < 4.78 is 1.92. The summed E-state index contributed by atoms with van der Waals surface area (Å²) in [5.74, 6) is -0.126. The fourth-order valence-corrected chi connectivity index (χ4v) is 3.26. The first-order chi connectivity index (χ1) is 11.2. The van der Waals surface area contributed by atoms with Gasteiger partial charge >= 0.3 is 0 Å². The molecule has 2 aromatic heterocycles. The number of amides is 1. The van der Waals surface area contributed by atoms with E-state index in [0.717, 1.165) is 48.3 Å². The van der Waals surface area contributed by atoms with Crippen molar-refractivity contribution in [3.8, 4) is 0 Å². The molecule has 3 heterocycles. The summed E-state index contributed by atoms with van der Waals surface area (Å²) in [6, 6.07) is 0. The predicted molar refractivity (Wildman–Crippen MR) is 94.4 cm³/mol. The number of nitrogens with zero attached hydrogens (tertiary/aromatic N) is 3. The van der Waals surface area contributed by atoms with Crippen LogP contribution >= 0.6 is 12.4 Å². The van der Waals surface area contributed by atoms with Crippen molar-refractivity contribution in [2.24, 2.45) is 7.05 Å². The minimum atomic E-state index is -0.126. The van der Waals surface area contributed by atoms with Crippen LogP contribution in [0, 0.1) is 0 Å². The van der Waals surface area contributed by atoms with Gasteiger partial charge in [0, 0.05) is 55.6 Å². The number of nitrogens with one attached hydrogen (secondary N) is 3. The Morgan fingerprint density at radius 2 is 2.12 bits per heavy atom. The van der Waals surface area contributed by atoms with Gasteiger partial charge in [-0.1, -0.05) is 13.8 Å². The van der Waals surface area contributed by atoms with Gasteiger partial charge in [0.05, 0.1) is 5.69 Å². The maximum Gasteiger partial charge on any atom is 0.272 e. The first-order valence-corrected chi connectivity index (χ1v) is 8.24. The number of carbonyl (C=O) groups excluding carboxylic acids is 1. The maximum atomic E-state index is 12.5. The smallest absolute Gasteiger partial charge is 0.272 e. The van der Waals surface area contributed by atoms with E-state index < -0.39 is 0 Å². The van der Waals surface area contributed by atoms with Crippen LogP contribution in [0.3, 0.4) is 0 Å². The summed E-state index contributed by atoms with van der Waals surface area (Å²) in [5.41, 5.74) is 5.92. The topological polar surface area (TPSA) is 87.6 Å². The van der Waals surface area contributed by atoms with Crippen molar-refractivity contribution in [2.75, 3.05) is 6.54 Å². The second-order valence-electron chi connectivity index (χ2n) is 5.84. The van der Waals surface area contributed by atoms with E-state index in [-0.39, 0.29) is 18.3 Å². The zero-order valence-corrected chi connectivity index (χ0v) is 15.2. The van der Waals surface area contributed by atoms with E-state index >= 15 is 0 Å². The molecule has 1 aliphatic rings. The summed E-state index contributed by atoms with van der Waals surface area (Å²) in [4.78, 5) is 12.5. The molecule has 132 valence electrons. The summed E-state index contributed by atoms with van der Waals surface area (Å²) in [7, 11) is 1.96. The fourth-order valence-electron chi connectivity index (χ4n) is 3.26. The lowest BCUT2D eigenvalue weighted by Crippen LogP contribution is -2.28. The number of aromatic nitrogens is 4. The van der Waals surface area contributed by atoms with Crippen LogP contribution in [0.1, 0.15) is 52.5 Å². The lowest BCUT2D eigenvalue weighted by molar-refractivity contribution is 0.0944. The van der Waals surface area contributed by atoms with Crippen LogP contribution in [-0.2, 0) is 39.4 Å². The van der Waals surface area contributed by atoms with Crippen LogP contribution in [0.15, 0.2) is 0 Å². The van der Waals surface area contributed by atoms with Crippen molar-refractivity contribution in [3.05, 3.63) is 33.9 Å². The predicted octanol–water partition coefficient (Wildman–Crippen LogP) is 1.27. The molecule has 8 heteroatoms. The molecule has 1 amide bonds. The zero-order valence-electron chi connectivity index (χ0n) is 14.4. The molecular weight excluding hydrogens is 328 g/mol. The summed E-state index contributed by atoms with van der Waals surface area (Å²) in [5, 5.41) is 18.0. The Morgan fingerprint density at radius 3 is 2.83 bits per heavy atom. The van der Waals surface area contributed by atoms with Crippen LogP contribution in [0.5, 0.6) is 0 Å². The van der Waals surface area contributed by atoms with Gasteiger partial charge in [0.1, 0.15) is 0 Å². The third kappa shape index (κ3) is 3.32. The zero-order chi connectivity index (χ0) is 16.4. The Balaban J connectivity index is 0.00000208. The molecule has 0 fully saturated rings. The molecule has 7 nitrogen and oxygen atoms in total. The second kappa shape index (κ2) is 7.81. The number of rotatable bonds is 5. The van der Waals surface area contributed by atoms with Crippen LogP contribution in [0.4, 0.5) is 0 Å². The van der Waals surface area contributed by atoms with Crippen molar-refractivity contribution in [2.45, 2.75) is 46.2 Å². The maximum absolute atomic E-state index is 12.5. The molecule has 3 rings (SSSR count). The van der Waals surface area contributed by atoms with Crippen LogP contribution in [0.2, 0.25) is 0 Å². The number of halogens is 1. The summed E-state index contributed by atoms with van der Waals surface area (Å²) in [6.07, 6.45) is 2.65. The van der Waals surface area contributed by atoms with Gasteiger partial charge in [0.15, 0.2) is 5.69 Å². The van der Waals surface area contributed by atoms with Gasteiger partial charge in [-0.25, -0.2) is 0 Å². The van der Waals surface area contributed by atoms with E-state index in [0.29, 0.717) is 18.8 Å². The Labute approximate surface area is 148 Å². The average molecular weight is 353 g/mol. The van der Waals surface area contributed by atoms with Crippen molar-refractivity contribution >= 4 is 18.3 Å². The van der Waals surface area contributed by atoms with Crippen LogP contribution in [0.25, 0.3) is 0 Å². The Bertz CT molecular complexity index is 720. The number of hydrogen-bond donors (Lipinski definition) is 3. The van der Waals surface area contributed by atoms with Crippen molar-refractivity contribution in [3.63, 3.8) is 0 Å². The number of carbonyl (C=O) groups is 1.